The highest BCUT2D eigenvalue weighted by Gasteiger charge is 2.37. The van der Waals surface area contributed by atoms with E-state index in [1.165, 1.54) is 32.1 Å². The highest BCUT2D eigenvalue weighted by Crippen LogP contribution is 2.30. The molecule has 2 aliphatic rings. The van der Waals surface area contributed by atoms with Crippen molar-refractivity contribution in [3.8, 4) is 0 Å². The minimum Gasteiger partial charge on any atom is -0.459 e. The van der Waals surface area contributed by atoms with E-state index in [0.717, 1.165) is 19.4 Å². The van der Waals surface area contributed by atoms with E-state index in [2.05, 4.69) is 4.90 Å². The zero-order chi connectivity index (χ0) is 13.2. The summed E-state index contributed by atoms with van der Waals surface area (Å²) in [6, 6.07) is 0.645. The lowest BCUT2D eigenvalue weighted by Crippen LogP contribution is -2.46. The molecule has 1 aliphatic carbocycles. The second kappa shape index (κ2) is 5.60. The Hall–Kier alpha value is -0.570. The molecule has 0 radical (unpaired) electrons. The maximum Gasteiger partial charge on any atom is 0.323 e. The fraction of sp³-hybridized carbons (Fsp3) is 0.933. The highest BCUT2D eigenvalue weighted by molar-refractivity contribution is 5.76. The first-order valence-electron chi connectivity index (χ1n) is 7.46. The molecule has 3 nitrogen and oxygen atoms in total. The summed E-state index contributed by atoms with van der Waals surface area (Å²) in [7, 11) is 0. The smallest absolute Gasteiger partial charge is 0.323 e. The molecule has 0 spiro atoms. The van der Waals surface area contributed by atoms with Crippen molar-refractivity contribution in [3.63, 3.8) is 0 Å². The minimum absolute atomic E-state index is 0.00873. The van der Waals surface area contributed by atoms with Gasteiger partial charge in [-0.25, -0.2) is 0 Å². The summed E-state index contributed by atoms with van der Waals surface area (Å²) in [5.41, 5.74) is -0.363. The van der Waals surface area contributed by atoms with Gasteiger partial charge in [-0.2, -0.15) is 0 Å². The number of carbonyl (C=O) groups excluding carboxylic acids is 1. The van der Waals surface area contributed by atoms with Gasteiger partial charge in [0.15, 0.2) is 0 Å². The van der Waals surface area contributed by atoms with Crippen LogP contribution in [0, 0.1) is 0 Å². The van der Waals surface area contributed by atoms with Gasteiger partial charge in [-0.3, -0.25) is 9.69 Å². The molecule has 104 valence electrons. The number of nitrogens with zero attached hydrogens (tertiary/aromatic N) is 1. The number of hydrogen-bond donors (Lipinski definition) is 0. The van der Waals surface area contributed by atoms with Crippen LogP contribution in [0.4, 0.5) is 0 Å². The second-order valence-corrected chi connectivity index (χ2v) is 6.72. The zero-order valence-corrected chi connectivity index (χ0v) is 12.1. The van der Waals surface area contributed by atoms with Gasteiger partial charge in [0.25, 0.3) is 0 Å². The monoisotopic (exact) mass is 253 g/mol. The third-order valence-corrected chi connectivity index (χ3v) is 4.02. The number of rotatable bonds is 2. The van der Waals surface area contributed by atoms with Crippen LogP contribution in [-0.4, -0.2) is 35.1 Å². The van der Waals surface area contributed by atoms with Crippen LogP contribution in [0.15, 0.2) is 0 Å². The standard InChI is InChI=1S/C15H27NO2/c1-15(2,3)18-14(17)13-10-7-11-16(13)12-8-5-4-6-9-12/h12-13H,4-11H2,1-3H3/t13-/m0/s1. The molecule has 0 unspecified atom stereocenters. The summed E-state index contributed by atoms with van der Waals surface area (Å²) in [6.45, 7) is 6.93. The van der Waals surface area contributed by atoms with Crippen molar-refractivity contribution < 1.29 is 9.53 Å². The van der Waals surface area contributed by atoms with Gasteiger partial charge in [-0.05, 0) is 53.0 Å². The first kappa shape index (κ1) is 13.9. The van der Waals surface area contributed by atoms with Gasteiger partial charge >= 0.3 is 5.97 Å². The van der Waals surface area contributed by atoms with Gasteiger partial charge in [0, 0.05) is 6.04 Å². The summed E-state index contributed by atoms with van der Waals surface area (Å²) in [4.78, 5) is 14.7. The molecule has 18 heavy (non-hydrogen) atoms. The Morgan fingerprint density at radius 3 is 2.33 bits per heavy atom. The topological polar surface area (TPSA) is 29.5 Å². The van der Waals surface area contributed by atoms with E-state index in [1.807, 2.05) is 20.8 Å². The number of likely N-dealkylation sites (tertiary alicyclic amines) is 1. The third kappa shape index (κ3) is 3.47. The molecule has 0 aromatic rings. The van der Waals surface area contributed by atoms with Crippen LogP contribution in [0.1, 0.15) is 65.7 Å². The maximum absolute atomic E-state index is 12.3. The fourth-order valence-electron chi connectivity index (χ4n) is 3.26. The van der Waals surface area contributed by atoms with Crippen LogP contribution in [0.2, 0.25) is 0 Å². The van der Waals surface area contributed by atoms with Gasteiger partial charge in [0.1, 0.15) is 11.6 Å². The van der Waals surface area contributed by atoms with Crippen LogP contribution in [0.25, 0.3) is 0 Å². The maximum atomic E-state index is 12.3. The molecular weight excluding hydrogens is 226 g/mol. The lowest BCUT2D eigenvalue weighted by Gasteiger charge is -2.35. The summed E-state index contributed by atoms with van der Waals surface area (Å²) < 4.78 is 5.56. The van der Waals surface area contributed by atoms with Crippen molar-refractivity contribution in [2.45, 2.75) is 83.4 Å². The minimum atomic E-state index is -0.363. The first-order chi connectivity index (χ1) is 8.47. The van der Waals surface area contributed by atoms with E-state index >= 15 is 0 Å². The van der Waals surface area contributed by atoms with Crippen molar-refractivity contribution in [2.24, 2.45) is 0 Å². The summed E-state index contributed by atoms with van der Waals surface area (Å²) in [6.07, 6.45) is 8.65. The lowest BCUT2D eigenvalue weighted by molar-refractivity contribution is -0.161. The molecule has 2 fully saturated rings. The average Bonchev–Trinajstić information content (AvgIpc) is 2.76. The van der Waals surface area contributed by atoms with Crippen molar-refractivity contribution >= 4 is 5.97 Å². The molecule has 0 aromatic carbocycles. The van der Waals surface area contributed by atoms with Crippen molar-refractivity contribution in [2.75, 3.05) is 6.54 Å². The number of hydrogen-bond acceptors (Lipinski definition) is 3. The van der Waals surface area contributed by atoms with Crippen LogP contribution in [0.3, 0.4) is 0 Å². The molecule has 1 aliphatic heterocycles. The molecule has 0 aromatic heterocycles. The first-order valence-corrected chi connectivity index (χ1v) is 7.46. The SMILES string of the molecule is CC(C)(C)OC(=O)[C@@H]1CCCN1C1CCCCC1. The van der Waals surface area contributed by atoms with E-state index in [1.54, 1.807) is 0 Å². The normalized spacial score (nSPS) is 27.4. The Labute approximate surface area is 111 Å². The summed E-state index contributed by atoms with van der Waals surface area (Å²) >= 11 is 0. The van der Waals surface area contributed by atoms with Crippen LogP contribution < -0.4 is 0 Å². The van der Waals surface area contributed by atoms with E-state index in [-0.39, 0.29) is 17.6 Å². The van der Waals surface area contributed by atoms with Gasteiger partial charge in [-0.15, -0.1) is 0 Å². The predicted octanol–water partition coefficient (Wildman–Crippen LogP) is 3.13. The molecule has 3 heteroatoms. The Morgan fingerprint density at radius 1 is 1.06 bits per heavy atom. The molecule has 1 atom stereocenters. The Kier molecular flexibility index (Phi) is 4.31. The largest absolute Gasteiger partial charge is 0.459 e. The van der Waals surface area contributed by atoms with E-state index in [9.17, 15) is 4.79 Å². The fourth-order valence-corrected chi connectivity index (χ4v) is 3.26. The van der Waals surface area contributed by atoms with E-state index in [0.29, 0.717) is 6.04 Å². The molecular formula is C15H27NO2. The van der Waals surface area contributed by atoms with E-state index < -0.39 is 0 Å². The molecule has 0 N–H and O–H groups in total. The van der Waals surface area contributed by atoms with Crippen LogP contribution >= 0.6 is 0 Å². The Bertz CT molecular complexity index is 289. The van der Waals surface area contributed by atoms with Gasteiger partial charge in [-0.1, -0.05) is 19.3 Å². The molecule has 1 saturated carbocycles. The average molecular weight is 253 g/mol. The second-order valence-electron chi connectivity index (χ2n) is 6.72. The van der Waals surface area contributed by atoms with E-state index in [4.69, 9.17) is 4.74 Å². The quantitative estimate of drug-likeness (QED) is 0.708. The van der Waals surface area contributed by atoms with Gasteiger partial charge in [0.05, 0.1) is 0 Å². The molecule has 2 rings (SSSR count). The Morgan fingerprint density at radius 2 is 1.72 bits per heavy atom. The Balaban J connectivity index is 1.96. The van der Waals surface area contributed by atoms with Crippen LogP contribution in [0.5, 0.6) is 0 Å². The molecule has 0 amide bonds. The van der Waals surface area contributed by atoms with Crippen molar-refractivity contribution in [1.29, 1.82) is 0 Å². The van der Waals surface area contributed by atoms with Crippen molar-refractivity contribution in [3.05, 3.63) is 0 Å². The molecule has 0 bridgehead atoms. The number of esters is 1. The van der Waals surface area contributed by atoms with Gasteiger partial charge in [0.2, 0.25) is 0 Å². The highest BCUT2D eigenvalue weighted by atomic mass is 16.6. The van der Waals surface area contributed by atoms with Crippen molar-refractivity contribution in [1.82, 2.24) is 4.90 Å². The number of carbonyl (C=O) groups is 1. The van der Waals surface area contributed by atoms with Crippen LogP contribution in [-0.2, 0) is 9.53 Å². The summed E-state index contributed by atoms with van der Waals surface area (Å²) in [5, 5.41) is 0. The lowest BCUT2D eigenvalue weighted by atomic mass is 9.94. The van der Waals surface area contributed by atoms with Gasteiger partial charge < -0.3 is 4.74 Å². The predicted molar refractivity (Wildman–Crippen MR) is 72.4 cm³/mol. The molecule has 1 saturated heterocycles. The summed E-state index contributed by atoms with van der Waals surface area (Å²) in [5.74, 6) is -0.00873. The zero-order valence-electron chi connectivity index (χ0n) is 12.1. The third-order valence-electron chi connectivity index (χ3n) is 4.02. The number of ether oxygens (including phenoxy) is 1. The molecule has 1 heterocycles.